The van der Waals surface area contributed by atoms with E-state index in [2.05, 4.69) is 12.2 Å². The summed E-state index contributed by atoms with van der Waals surface area (Å²) >= 11 is 0. The van der Waals surface area contributed by atoms with Crippen molar-refractivity contribution in [1.29, 1.82) is 0 Å². The van der Waals surface area contributed by atoms with Gasteiger partial charge in [0.15, 0.2) is 0 Å². The van der Waals surface area contributed by atoms with Crippen LogP contribution in [-0.4, -0.2) is 34.8 Å². The second kappa shape index (κ2) is 5.38. The summed E-state index contributed by atoms with van der Waals surface area (Å²) in [5.41, 5.74) is 0. The monoisotopic (exact) mass is 278 g/mol. The second-order valence-electron chi connectivity index (χ2n) is 6.78. The van der Waals surface area contributed by atoms with Gasteiger partial charge in [0, 0.05) is 6.04 Å². The van der Waals surface area contributed by atoms with E-state index in [0.29, 0.717) is 17.9 Å². The van der Waals surface area contributed by atoms with E-state index in [0.717, 1.165) is 25.7 Å². The maximum atomic E-state index is 12.8. The number of rotatable bonds is 3. The summed E-state index contributed by atoms with van der Waals surface area (Å²) in [5.74, 6) is 1.19. The zero-order valence-electron chi connectivity index (χ0n) is 12.6. The van der Waals surface area contributed by atoms with E-state index in [-0.39, 0.29) is 23.9 Å². The molecule has 0 aromatic rings. The van der Waals surface area contributed by atoms with Gasteiger partial charge in [0.2, 0.25) is 11.8 Å². The molecule has 1 N–H and O–H groups in total. The highest BCUT2D eigenvalue weighted by molar-refractivity contribution is 5.97. The van der Waals surface area contributed by atoms with Crippen LogP contribution in [0.2, 0.25) is 0 Å². The molecular weight excluding hydrogens is 252 g/mol. The normalized spacial score (nSPS) is 38.8. The van der Waals surface area contributed by atoms with E-state index in [9.17, 15) is 9.59 Å². The molecule has 20 heavy (non-hydrogen) atoms. The first-order chi connectivity index (χ1) is 9.63. The Morgan fingerprint density at radius 1 is 1.20 bits per heavy atom. The first kappa shape index (κ1) is 13.9. The van der Waals surface area contributed by atoms with Crippen LogP contribution in [-0.2, 0) is 9.59 Å². The molecule has 4 nitrogen and oxygen atoms in total. The van der Waals surface area contributed by atoms with Crippen molar-refractivity contribution in [3.05, 3.63) is 0 Å². The molecule has 112 valence electrons. The van der Waals surface area contributed by atoms with Crippen LogP contribution in [0, 0.1) is 11.8 Å². The van der Waals surface area contributed by atoms with Gasteiger partial charge >= 0.3 is 0 Å². The molecule has 3 rings (SSSR count). The molecule has 2 saturated carbocycles. The quantitative estimate of drug-likeness (QED) is 0.859. The Bertz CT molecular complexity index is 403. The lowest BCUT2D eigenvalue weighted by Gasteiger charge is -2.41. The summed E-state index contributed by atoms with van der Waals surface area (Å²) in [6, 6.07) is -0.222. The molecule has 4 atom stereocenters. The fraction of sp³-hybridized carbons (Fsp3) is 0.875. The highest BCUT2D eigenvalue weighted by Gasteiger charge is 2.51. The minimum Gasteiger partial charge on any atom is -0.342 e. The van der Waals surface area contributed by atoms with Crippen LogP contribution in [0.5, 0.6) is 0 Å². The van der Waals surface area contributed by atoms with Gasteiger partial charge in [-0.15, -0.1) is 0 Å². The van der Waals surface area contributed by atoms with Crippen molar-refractivity contribution in [3.8, 4) is 0 Å². The van der Waals surface area contributed by atoms with Crippen molar-refractivity contribution in [1.82, 2.24) is 10.2 Å². The number of hydrogen-bond acceptors (Lipinski definition) is 2. The summed E-state index contributed by atoms with van der Waals surface area (Å²) in [5, 5.41) is 3.00. The molecule has 0 spiro atoms. The molecule has 1 heterocycles. The van der Waals surface area contributed by atoms with Gasteiger partial charge in [-0.1, -0.05) is 32.6 Å². The van der Waals surface area contributed by atoms with Gasteiger partial charge in [0.25, 0.3) is 0 Å². The SMILES string of the molecule is CCC1CC1N1C(=O)C(C2CCCCC2)NC(=O)C1C. The van der Waals surface area contributed by atoms with E-state index in [1.807, 2.05) is 11.8 Å². The number of nitrogens with one attached hydrogen (secondary N) is 1. The molecule has 2 aliphatic carbocycles. The average molecular weight is 278 g/mol. The largest absolute Gasteiger partial charge is 0.342 e. The Labute approximate surface area is 121 Å². The minimum atomic E-state index is -0.288. The molecule has 4 unspecified atom stereocenters. The third-order valence-corrected chi connectivity index (χ3v) is 5.50. The minimum absolute atomic E-state index is 0.0435. The van der Waals surface area contributed by atoms with Crippen LogP contribution in [0.1, 0.15) is 58.8 Å². The van der Waals surface area contributed by atoms with Gasteiger partial charge in [-0.3, -0.25) is 9.59 Å². The molecule has 0 bridgehead atoms. The Kier molecular flexibility index (Phi) is 3.74. The van der Waals surface area contributed by atoms with Crippen molar-refractivity contribution < 1.29 is 9.59 Å². The summed E-state index contributed by atoms with van der Waals surface area (Å²) in [7, 11) is 0. The van der Waals surface area contributed by atoms with Crippen molar-refractivity contribution >= 4 is 11.8 Å². The third kappa shape index (κ3) is 2.33. The molecule has 0 aromatic heterocycles. The molecule has 2 amide bonds. The Balaban J connectivity index is 1.75. The van der Waals surface area contributed by atoms with E-state index in [1.54, 1.807) is 0 Å². The maximum absolute atomic E-state index is 12.8. The van der Waals surface area contributed by atoms with Crippen LogP contribution in [0.15, 0.2) is 0 Å². The van der Waals surface area contributed by atoms with Crippen LogP contribution in [0.3, 0.4) is 0 Å². The standard InChI is InChI=1S/C16H26N2O2/c1-3-11-9-13(11)18-10(2)15(19)17-14(16(18)20)12-7-5-4-6-8-12/h10-14H,3-9H2,1-2H3,(H,17,19). The first-order valence-corrected chi connectivity index (χ1v) is 8.26. The number of piperazine rings is 1. The smallest absolute Gasteiger partial charge is 0.246 e. The summed E-state index contributed by atoms with van der Waals surface area (Å²) in [4.78, 5) is 27.0. The Hall–Kier alpha value is -1.06. The zero-order chi connectivity index (χ0) is 14.3. The van der Waals surface area contributed by atoms with Crippen LogP contribution in [0.25, 0.3) is 0 Å². The fourth-order valence-corrected chi connectivity index (χ4v) is 4.06. The van der Waals surface area contributed by atoms with Crippen molar-refractivity contribution in [2.45, 2.75) is 76.9 Å². The van der Waals surface area contributed by atoms with E-state index in [4.69, 9.17) is 0 Å². The lowest BCUT2D eigenvalue weighted by Crippen LogP contribution is -2.65. The molecule has 4 heteroatoms. The Morgan fingerprint density at radius 3 is 2.50 bits per heavy atom. The second-order valence-corrected chi connectivity index (χ2v) is 6.78. The molecule has 1 saturated heterocycles. The van der Waals surface area contributed by atoms with Crippen molar-refractivity contribution in [2.75, 3.05) is 0 Å². The molecule has 0 aromatic carbocycles. The van der Waals surface area contributed by atoms with E-state index in [1.165, 1.54) is 19.3 Å². The maximum Gasteiger partial charge on any atom is 0.246 e. The average Bonchev–Trinajstić information content (AvgIpc) is 3.23. The molecule has 3 aliphatic rings. The lowest BCUT2D eigenvalue weighted by atomic mass is 9.82. The van der Waals surface area contributed by atoms with Gasteiger partial charge in [0.05, 0.1) is 0 Å². The van der Waals surface area contributed by atoms with Gasteiger partial charge in [-0.25, -0.2) is 0 Å². The van der Waals surface area contributed by atoms with Crippen molar-refractivity contribution in [2.24, 2.45) is 11.8 Å². The highest BCUT2D eigenvalue weighted by Crippen LogP contribution is 2.41. The summed E-state index contributed by atoms with van der Waals surface area (Å²) in [6.45, 7) is 4.04. The number of amides is 2. The molecule has 1 aliphatic heterocycles. The summed E-state index contributed by atoms with van der Waals surface area (Å²) < 4.78 is 0. The predicted molar refractivity (Wildman–Crippen MR) is 77.0 cm³/mol. The van der Waals surface area contributed by atoms with Gasteiger partial charge in [-0.2, -0.15) is 0 Å². The molecule has 3 fully saturated rings. The molecular formula is C16H26N2O2. The number of carbonyl (C=O) groups excluding carboxylic acids is 2. The number of carbonyl (C=O) groups is 2. The van der Waals surface area contributed by atoms with Crippen LogP contribution >= 0.6 is 0 Å². The molecule has 0 radical (unpaired) electrons. The fourth-order valence-electron chi connectivity index (χ4n) is 4.06. The number of hydrogen-bond donors (Lipinski definition) is 1. The topological polar surface area (TPSA) is 49.4 Å². The Morgan fingerprint density at radius 2 is 1.90 bits per heavy atom. The lowest BCUT2D eigenvalue weighted by molar-refractivity contribution is -0.151. The summed E-state index contributed by atoms with van der Waals surface area (Å²) in [6.07, 6.45) is 8.02. The number of nitrogens with zero attached hydrogens (tertiary/aromatic N) is 1. The van der Waals surface area contributed by atoms with Crippen molar-refractivity contribution in [3.63, 3.8) is 0 Å². The van der Waals surface area contributed by atoms with Gasteiger partial charge in [0.1, 0.15) is 12.1 Å². The van der Waals surface area contributed by atoms with Crippen LogP contribution < -0.4 is 5.32 Å². The predicted octanol–water partition coefficient (Wildman–Crippen LogP) is 2.08. The first-order valence-electron chi connectivity index (χ1n) is 8.26. The highest BCUT2D eigenvalue weighted by atomic mass is 16.2. The van der Waals surface area contributed by atoms with E-state index < -0.39 is 0 Å². The van der Waals surface area contributed by atoms with Gasteiger partial charge < -0.3 is 10.2 Å². The van der Waals surface area contributed by atoms with Crippen LogP contribution in [0.4, 0.5) is 0 Å². The van der Waals surface area contributed by atoms with E-state index >= 15 is 0 Å². The third-order valence-electron chi connectivity index (χ3n) is 5.50. The van der Waals surface area contributed by atoms with Gasteiger partial charge in [-0.05, 0) is 38.0 Å². The zero-order valence-corrected chi connectivity index (χ0v) is 12.6.